The minimum absolute atomic E-state index is 0.105. The van der Waals surface area contributed by atoms with Crippen LogP contribution in [0.25, 0.3) is 0 Å². The van der Waals surface area contributed by atoms with E-state index in [9.17, 15) is 43.2 Å². The molecule has 3 N–H and O–H groups in total. The summed E-state index contributed by atoms with van der Waals surface area (Å²) in [6.07, 6.45) is 33.6. The molecule has 0 saturated heterocycles. The highest BCUT2D eigenvalue weighted by Crippen LogP contribution is 2.45. The first kappa shape index (κ1) is 75.1. The van der Waals surface area contributed by atoms with Crippen LogP contribution in [0.2, 0.25) is 0 Å². The highest BCUT2D eigenvalue weighted by Gasteiger charge is 2.30. The van der Waals surface area contributed by atoms with Crippen LogP contribution >= 0.6 is 15.6 Å². The molecule has 0 saturated carbocycles. The number of carbonyl (C=O) groups excluding carboxylic acids is 4. The molecule has 456 valence electrons. The van der Waals surface area contributed by atoms with Gasteiger partial charge in [-0.05, 0) is 31.6 Å². The molecule has 0 aromatic carbocycles. The van der Waals surface area contributed by atoms with Crippen LogP contribution in [-0.4, -0.2) is 96.7 Å². The van der Waals surface area contributed by atoms with Crippen LogP contribution in [0.5, 0.6) is 0 Å². The Morgan fingerprint density at radius 2 is 0.597 bits per heavy atom. The number of hydrogen-bond donors (Lipinski definition) is 3. The Morgan fingerprint density at radius 1 is 0.351 bits per heavy atom. The average molecular weight is 1140 g/mol. The molecule has 19 heteroatoms. The average Bonchev–Trinajstić information content (AvgIpc) is 3.39. The van der Waals surface area contributed by atoms with Gasteiger partial charge in [0.2, 0.25) is 0 Å². The zero-order valence-electron chi connectivity index (χ0n) is 49.1. The number of aliphatic hydroxyl groups excluding tert-OH is 1. The Bertz CT molecular complexity index is 1520. The van der Waals surface area contributed by atoms with Crippen molar-refractivity contribution >= 4 is 39.5 Å². The van der Waals surface area contributed by atoms with Crippen molar-refractivity contribution in [2.75, 3.05) is 39.6 Å². The number of esters is 4. The van der Waals surface area contributed by atoms with Crippen molar-refractivity contribution in [3.63, 3.8) is 0 Å². The van der Waals surface area contributed by atoms with Gasteiger partial charge in [0.15, 0.2) is 12.2 Å². The monoisotopic (exact) mass is 1140 g/mol. The van der Waals surface area contributed by atoms with Gasteiger partial charge in [-0.15, -0.1) is 0 Å². The van der Waals surface area contributed by atoms with Crippen molar-refractivity contribution < 1.29 is 80.2 Å². The summed E-state index contributed by atoms with van der Waals surface area (Å²) in [6.45, 7) is 7.02. The number of ether oxygens (including phenoxy) is 4. The van der Waals surface area contributed by atoms with E-state index in [1.807, 2.05) is 0 Å². The Hall–Kier alpha value is -1.94. The fourth-order valence-corrected chi connectivity index (χ4v) is 10.1. The zero-order chi connectivity index (χ0) is 57.1. The maximum Gasteiger partial charge on any atom is 0.472 e. The van der Waals surface area contributed by atoms with E-state index in [0.29, 0.717) is 31.6 Å². The van der Waals surface area contributed by atoms with Gasteiger partial charge < -0.3 is 33.8 Å². The molecule has 0 heterocycles. The Labute approximate surface area is 467 Å². The summed E-state index contributed by atoms with van der Waals surface area (Å²) >= 11 is 0. The first-order valence-corrected chi connectivity index (χ1v) is 33.6. The molecule has 2 unspecified atom stereocenters. The van der Waals surface area contributed by atoms with Gasteiger partial charge in [0.1, 0.15) is 19.3 Å². The predicted molar refractivity (Wildman–Crippen MR) is 303 cm³/mol. The van der Waals surface area contributed by atoms with E-state index in [2.05, 4.69) is 34.6 Å². The molecule has 17 nitrogen and oxygen atoms in total. The van der Waals surface area contributed by atoms with Crippen LogP contribution in [0.15, 0.2) is 0 Å². The summed E-state index contributed by atoms with van der Waals surface area (Å²) in [5, 5.41) is 10.5. The minimum Gasteiger partial charge on any atom is -0.462 e. The second-order valence-electron chi connectivity index (χ2n) is 21.5. The third-order valence-electron chi connectivity index (χ3n) is 13.3. The fourth-order valence-electron chi connectivity index (χ4n) is 8.52. The molecule has 0 spiro atoms. The number of rotatable bonds is 58. The Morgan fingerprint density at radius 3 is 0.883 bits per heavy atom. The van der Waals surface area contributed by atoms with E-state index in [4.69, 9.17) is 37.0 Å². The smallest absolute Gasteiger partial charge is 0.462 e. The number of aliphatic hydroxyl groups is 1. The molecule has 0 aromatic rings. The highest BCUT2D eigenvalue weighted by molar-refractivity contribution is 7.47. The van der Waals surface area contributed by atoms with Gasteiger partial charge in [-0.1, -0.05) is 234 Å². The molecule has 77 heavy (non-hydrogen) atoms. The lowest BCUT2D eigenvalue weighted by atomic mass is 10.0. The maximum atomic E-state index is 12.9. The second-order valence-corrected chi connectivity index (χ2v) is 24.4. The quantitative estimate of drug-likeness (QED) is 0.0222. The standard InChI is InChI=1S/C58H112O17P2/c1-6-9-12-15-18-21-24-27-34-39-44-58(63)75-54(48-69-56(61)42-37-32-29-28-30-35-40-51(4)5)50-73-77(66,67)71-46-52(59)45-70-76(64,65)72-49-53(74-57(62)43-38-33-26-23-20-17-14-11-8-3)47-68-55(60)41-36-31-25-22-19-16-13-10-7-2/h51-54,59H,6-50H2,1-5H3,(H,64,65)(H,66,67)/t52-,53+,54+/m0/s1. The van der Waals surface area contributed by atoms with E-state index in [0.717, 1.165) is 96.3 Å². The van der Waals surface area contributed by atoms with Gasteiger partial charge in [-0.3, -0.25) is 37.3 Å². The summed E-state index contributed by atoms with van der Waals surface area (Å²) in [6, 6.07) is 0. The zero-order valence-corrected chi connectivity index (χ0v) is 50.9. The Kier molecular flexibility index (Phi) is 50.8. The van der Waals surface area contributed by atoms with Gasteiger partial charge in [0, 0.05) is 25.7 Å². The summed E-state index contributed by atoms with van der Waals surface area (Å²) < 4.78 is 67.6. The van der Waals surface area contributed by atoms with Crippen molar-refractivity contribution in [2.24, 2.45) is 5.92 Å². The lowest BCUT2D eigenvalue weighted by molar-refractivity contribution is -0.161. The Balaban J connectivity index is 5.22. The van der Waals surface area contributed by atoms with Crippen molar-refractivity contribution in [3.05, 3.63) is 0 Å². The summed E-state index contributed by atoms with van der Waals surface area (Å²) in [4.78, 5) is 71.8. The molecule has 0 aromatic heterocycles. The normalized spacial score (nSPS) is 14.4. The maximum absolute atomic E-state index is 12.9. The van der Waals surface area contributed by atoms with Gasteiger partial charge in [0.05, 0.1) is 26.4 Å². The molecule has 0 aliphatic heterocycles. The number of carbonyl (C=O) groups is 4. The van der Waals surface area contributed by atoms with E-state index in [1.165, 1.54) is 103 Å². The van der Waals surface area contributed by atoms with Crippen LogP contribution in [0, 0.1) is 5.92 Å². The van der Waals surface area contributed by atoms with Crippen LogP contribution in [0.3, 0.4) is 0 Å². The van der Waals surface area contributed by atoms with Crippen molar-refractivity contribution in [1.29, 1.82) is 0 Å². The van der Waals surface area contributed by atoms with Gasteiger partial charge in [0.25, 0.3) is 0 Å². The highest BCUT2D eigenvalue weighted by atomic mass is 31.2. The topological polar surface area (TPSA) is 237 Å². The van der Waals surface area contributed by atoms with Crippen molar-refractivity contribution in [1.82, 2.24) is 0 Å². The first-order valence-electron chi connectivity index (χ1n) is 30.6. The third-order valence-corrected chi connectivity index (χ3v) is 15.2. The fraction of sp³-hybridized carbons (Fsp3) is 0.931. The molecule has 5 atom stereocenters. The second kappa shape index (κ2) is 52.2. The molecule has 0 radical (unpaired) electrons. The largest absolute Gasteiger partial charge is 0.472 e. The van der Waals surface area contributed by atoms with Crippen molar-refractivity contribution in [3.8, 4) is 0 Å². The van der Waals surface area contributed by atoms with Crippen LogP contribution in [-0.2, 0) is 65.4 Å². The summed E-state index contributed by atoms with van der Waals surface area (Å²) in [5.41, 5.74) is 0. The number of hydrogen-bond acceptors (Lipinski definition) is 15. The van der Waals surface area contributed by atoms with Gasteiger partial charge in [-0.2, -0.15) is 0 Å². The van der Waals surface area contributed by atoms with E-state index < -0.39 is 97.5 Å². The van der Waals surface area contributed by atoms with Crippen LogP contribution < -0.4 is 0 Å². The van der Waals surface area contributed by atoms with Crippen LogP contribution in [0.1, 0.15) is 285 Å². The van der Waals surface area contributed by atoms with E-state index in [1.54, 1.807) is 0 Å². The number of unbranched alkanes of at least 4 members (excludes halogenated alkanes) is 30. The summed E-state index contributed by atoms with van der Waals surface area (Å²) in [7, 11) is -9.87. The molecule has 0 rings (SSSR count). The van der Waals surface area contributed by atoms with Crippen LogP contribution in [0.4, 0.5) is 0 Å². The first-order chi connectivity index (χ1) is 37.0. The SMILES string of the molecule is CCCCCCCCCCCCC(=O)O[C@H](COC(=O)CCCCCCCCC(C)C)COP(=O)(O)OC[C@@H](O)COP(=O)(O)OC[C@@H](COC(=O)CCCCCCCCCCC)OC(=O)CCCCCCCCCCC. The third kappa shape index (κ3) is 53.2. The van der Waals surface area contributed by atoms with E-state index >= 15 is 0 Å². The predicted octanol–water partition coefficient (Wildman–Crippen LogP) is 15.5. The molecular weight excluding hydrogens is 1030 g/mol. The lowest BCUT2D eigenvalue weighted by Crippen LogP contribution is -2.30. The van der Waals surface area contributed by atoms with E-state index in [-0.39, 0.29) is 25.7 Å². The summed E-state index contributed by atoms with van der Waals surface area (Å²) in [5.74, 6) is -1.47. The number of phosphoric acid groups is 2. The molecule has 0 fully saturated rings. The molecular formula is C58H112O17P2. The molecule has 0 aliphatic rings. The van der Waals surface area contributed by atoms with Crippen molar-refractivity contribution in [2.45, 2.75) is 303 Å². The molecule has 0 amide bonds. The number of phosphoric ester groups is 2. The minimum atomic E-state index is -4.93. The lowest BCUT2D eigenvalue weighted by Gasteiger charge is -2.21. The molecule has 0 bridgehead atoms. The van der Waals surface area contributed by atoms with Gasteiger partial charge in [-0.25, -0.2) is 9.13 Å². The van der Waals surface area contributed by atoms with Gasteiger partial charge >= 0.3 is 39.5 Å². The molecule has 0 aliphatic carbocycles.